The molecule has 2 fully saturated rings. The Bertz CT molecular complexity index is 2730. The molecule has 2 aliphatic rings. The molecule has 0 aliphatic carbocycles. The van der Waals surface area contributed by atoms with Gasteiger partial charge < -0.3 is 33.5 Å². The normalized spacial score (nSPS) is 16.1. The summed E-state index contributed by atoms with van der Waals surface area (Å²) in [4.78, 5) is 12.2. The summed E-state index contributed by atoms with van der Waals surface area (Å²) in [5.74, 6) is -3.43. The molecule has 0 saturated carbocycles. The van der Waals surface area contributed by atoms with Gasteiger partial charge in [-0.15, -0.1) is 0 Å². The van der Waals surface area contributed by atoms with E-state index >= 15 is 0 Å². The number of carbonyl (C=O) groups excluding carboxylic acids is 1. The Hall–Kier alpha value is -5.95. The summed E-state index contributed by atoms with van der Waals surface area (Å²) in [6.07, 6.45) is 0. The predicted molar refractivity (Wildman–Crippen MR) is 209 cm³/mol. The smallest absolute Gasteiger partial charge is 0.298 e. The van der Waals surface area contributed by atoms with Gasteiger partial charge in [-0.1, -0.05) is 30.3 Å². The molecule has 0 radical (unpaired) electrons. The molecule has 59 heavy (non-hydrogen) atoms. The van der Waals surface area contributed by atoms with Gasteiger partial charge in [0.05, 0.1) is 26.4 Å². The molecular weight excluding hydrogens is 805 g/mol. The van der Waals surface area contributed by atoms with Crippen LogP contribution in [0.2, 0.25) is 0 Å². The lowest BCUT2D eigenvalue weighted by molar-refractivity contribution is -0.130. The lowest BCUT2D eigenvalue weighted by Gasteiger charge is -2.28. The van der Waals surface area contributed by atoms with Crippen LogP contribution in [-0.2, 0) is 50.8 Å². The standard InChI is InChI=1S/C43H34O14S2/c44-34-14-8-31(9-15-34)43(54-24-25-55-43)33-12-18-36(19-13-33)57-38-21-7-29(27-40(38)59(49,50)51)41(45)28-6-20-37(39(26-28)58(46,47)48)56-35-16-10-32(11-17-35)42(52-22-23-53-42)30-4-2-1-3-5-30/h1-21,26-27,44H,22-25H2,(H,46,47,48)(H,49,50,51). The average Bonchev–Trinajstić information content (AvgIpc) is 3.94. The fourth-order valence-electron chi connectivity index (χ4n) is 6.94. The number of hydrogen-bond donors (Lipinski definition) is 3. The van der Waals surface area contributed by atoms with Gasteiger partial charge in [-0.05, 0) is 109 Å². The van der Waals surface area contributed by atoms with Gasteiger partial charge in [-0.2, -0.15) is 16.8 Å². The molecule has 0 atom stereocenters. The SMILES string of the molecule is O=C(c1ccc(Oc2ccc(C3(c4ccccc4)OCCO3)cc2)c(S(=O)(=O)O)c1)c1ccc(Oc2ccc(C3(c4ccc(O)cc4)OCCO3)cc2)c(S(=O)(=O)O)c1. The average molecular weight is 839 g/mol. The number of carbonyl (C=O) groups is 1. The maximum Gasteiger partial charge on any atom is 0.298 e. The number of phenols is 1. The van der Waals surface area contributed by atoms with Crippen LogP contribution in [0.25, 0.3) is 0 Å². The Kier molecular flexibility index (Phi) is 10.6. The second kappa shape index (κ2) is 15.7. The van der Waals surface area contributed by atoms with E-state index in [-0.39, 0.29) is 39.9 Å². The number of phenolic OH excluding ortho intramolecular Hbond substituents is 1. The van der Waals surface area contributed by atoms with Gasteiger partial charge in [0.25, 0.3) is 20.2 Å². The Labute approximate surface area is 338 Å². The fourth-order valence-corrected chi connectivity index (χ4v) is 8.22. The zero-order chi connectivity index (χ0) is 41.4. The van der Waals surface area contributed by atoms with E-state index in [1.807, 2.05) is 30.3 Å². The molecule has 0 spiro atoms. The molecule has 8 rings (SSSR count). The lowest BCUT2D eigenvalue weighted by atomic mass is 9.97. The zero-order valence-electron chi connectivity index (χ0n) is 30.8. The molecule has 0 unspecified atom stereocenters. The third-order valence-electron chi connectivity index (χ3n) is 9.68. The highest BCUT2D eigenvalue weighted by Gasteiger charge is 2.42. The van der Waals surface area contributed by atoms with E-state index in [1.54, 1.807) is 48.5 Å². The third-order valence-corrected chi connectivity index (χ3v) is 11.4. The summed E-state index contributed by atoms with van der Waals surface area (Å²) in [6.45, 7) is 1.37. The van der Waals surface area contributed by atoms with E-state index < -0.39 is 47.4 Å². The van der Waals surface area contributed by atoms with Crippen molar-refractivity contribution in [2.45, 2.75) is 21.4 Å². The van der Waals surface area contributed by atoms with Crippen LogP contribution >= 0.6 is 0 Å². The molecule has 2 aliphatic heterocycles. The van der Waals surface area contributed by atoms with Gasteiger partial charge in [0, 0.05) is 33.4 Å². The largest absolute Gasteiger partial charge is 0.508 e. The van der Waals surface area contributed by atoms with Gasteiger partial charge >= 0.3 is 0 Å². The molecule has 0 aromatic heterocycles. The van der Waals surface area contributed by atoms with Crippen molar-refractivity contribution in [3.05, 3.63) is 173 Å². The minimum Gasteiger partial charge on any atom is -0.508 e. The number of rotatable bonds is 12. The molecule has 16 heteroatoms. The predicted octanol–water partition coefficient (Wildman–Crippen LogP) is 7.20. The van der Waals surface area contributed by atoms with Gasteiger partial charge in [0.2, 0.25) is 11.6 Å². The maximum absolute atomic E-state index is 13.7. The van der Waals surface area contributed by atoms with Crippen LogP contribution in [0.1, 0.15) is 38.2 Å². The van der Waals surface area contributed by atoms with Crippen molar-refractivity contribution in [3.63, 3.8) is 0 Å². The molecule has 3 N–H and O–H groups in total. The quantitative estimate of drug-likeness (QED) is 0.0825. The van der Waals surface area contributed by atoms with Crippen molar-refractivity contribution in [3.8, 4) is 28.7 Å². The number of hydrogen-bond acceptors (Lipinski definition) is 12. The van der Waals surface area contributed by atoms with Crippen LogP contribution in [0.4, 0.5) is 0 Å². The Morgan fingerprint density at radius 1 is 0.492 bits per heavy atom. The van der Waals surface area contributed by atoms with Crippen molar-refractivity contribution >= 4 is 26.0 Å². The van der Waals surface area contributed by atoms with E-state index in [0.717, 1.165) is 17.7 Å². The molecule has 302 valence electrons. The summed E-state index contributed by atoms with van der Waals surface area (Å²) in [5.41, 5.74) is 2.17. The summed E-state index contributed by atoms with van der Waals surface area (Å²) >= 11 is 0. The number of ether oxygens (including phenoxy) is 6. The first kappa shape index (κ1) is 39.9. The molecule has 6 aromatic carbocycles. The van der Waals surface area contributed by atoms with Crippen molar-refractivity contribution in [1.82, 2.24) is 0 Å². The van der Waals surface area contributed by atoms with E-state index in [9.17, 15) is 35.8 Å². The molecular formula is C43H34O14S2. The number of ketones is 1. The molecule has 6 aromatic rings. The summed E-state index contributed by atoms with van der Waals surface area (Å²) in [5, 5.41) is 9.75. The molecule has 0 bridgehead atoms. The van der Waals surface area contributed by atoms with Gasteiger partial charge in [-0.3, -0.25) is 13.9 Å². The minimum atomic E-state index is -4.97. The van der Waals surface area contributed by atoms with Crippen molar-refractivity contribution in [1.29, 1.82) is 0 Å². The molecule has 2 heterocycles. The molecule has 2 saturated heterocycles. The zero-order valence-corrected chi connectivity index (χ0v) is 32.4. The highest BCUT2D eigenvalue weighted by atomic mass is 32.2. The Morgan fingerprint density at radius 2 is 0.847 bits per heavy atom. The third kappa shape index (κ3) is 7.95. The van der Waals surface area contributed by atoms with E-state index in [4.69, 9.17) is 28.4 Å². The van der Waals surface area contributed by atoms with E-state index in [1.165, 1.54) is 48.5 Å². The molecule has 0 amide bonds. The van der Waals surface area contributed by atoms with Crippen LogP contribution in [0.5, 0.6) is 28.7 Å². The number of aromatic hydroxyl groups is 1. The summed E-state index contributed by atoms with van der Waals surface area (Å²) in [7, 11) is -9.93. The van der Waals surface area contributed by atoms with Gasteiger partial charge in [0.1, 0.15) is 38.5 Å². The topological polar surface area (TPSA) is 201 Å². The van der Waals surface area contributed by atoms with Gasteiger partial charge in [-0.25, -0.2) is 0 Å². The summed E-state index contributed by atoms with van der Waals surface area (Å²) in [6, 6.07) is 35.2. The highest BCUT2D eigenvalue weighted by molar-refractivity contribution is 7.86. The first-order valence-electron chi connectivity index (χ1n) is 18.0. The fraction of sp³-hybridized carbons (Fsp3) is 0.140. The minimum absolute atomic E-state index is 0.0702. The molecule has 14 nitrogen and oxygen atoms in total. The van der Waals surface area contributed by atoms with Crippen molar-refractivity contribution < 1.29 is 64.3 Å². The van der Waals surface area contributed by atoms with E-state index in [0.29, 0.717) is 43.1 Å². The Balaban J connectivity index is 1.03. The second-order valence-electron chi connectivity index (χ2n) is 13.4. The first-order chi connectivity index (χ1) is 28.2. The monoisotopic (exact) mass is 838 g/mol. The highest BCUT2D eigenvalue weighted by Crippen LogP contribution is 2.42. The lowest BCUT2D eigenvalue weighted by Crippen LogP contribution is -2.28. The van der Waals surface area contributed by atoms with Crippen LogP contribution in [-0.4, -0.2) is 63.3 Å². The van der Waals surface area contributed by atoms with Crippen LogP contribution in [0, 0.1) is 0 Å². The van der Waals surface area contributed by atoms with Crippen LogP contribution in [0.15, 0.2) is 149 Å². The number of benzene rings is 6. The van der Waals surface area contributed by atoms with E-state index in [2.05, 4.69) is 0 Å². The van der Waals surface area contributed by atoms with Crippen molar-refractivity contribution in [2.75, 3.05) is 26.4 Å². The Morgan fingerprint density at radius 3 is 1.22 bits per heavy atom. The van der Waals surface area contributed by atoms with Crippen LogP contribution in [0.3, 0.4) is 0 Å². The second-order valence-corrected chi connectivity index (χ2v) is 16.2. The summed E-state index contributed by atoms with van der Waals surface area (Å²) < 4.78 is 106. The van der Waals surface area contributed by atoms with Crippen LogP contribution < -0.4 is 9.47 Å². The van der Waals surface area contributed by atoms with Crippen molar-refractivity contribution in [2.24, 2.45) is 0 Å². The first-order valence-corrected chi connectivity index (χ1v) is 20.9. The maximum atomic E-state index is 13.7. The van der Waals surface area contributed by atoms with Gasteiger partial charge in [0.15, 0.2) is 5.78 Å².